The molecular weight excluding hydrogens is 478 g/mol. The molecule has 8 nitrogen and oxygen atoms in total. The van der Waals surface area contributed by atoms with E-state index in [0.717, 1.165) is 55.1 Å². The summed E-state index contributed by atoms with van der Waals surface area (Å²) >= 11 is 0. The van der Waals surface area contributed by atoms with Crippen molar-refractivity contribution >= 4 is 43.6 Å². The summed E-state index contributed by atoms with van der Waals surface area (Å²) in [6.07, 6.45) is 4.95. The smallest absolute Gasteiger partial charge is 0.238 e. The minimum absolute atomic E-state index is 0.0128. The first-order chi connectivity index (χ1) is 17.0. The van der Waals surface area contributed by atoms with Crippen molar-refractivity contribution in [3.8, 4) is 5.75 Å². The average Bonchev–Trinajstić information content (AvgIpc) is 3.18. The molecule has 0 unspecified atom stereocenters. The van der Waals surface area contributed by atoms with Gasteiger partial charge in [-0.1, -0.05) is 18.2 Å². The largest absolute Gasteiger partial charge is 0.495 e. The maximum absolute atomic E-state index is 13.0. The van der Waals surface area contributed by atoms with Crippen LogP contribution < -0.4 is 10.1 Å². The molecular formula is C27H35N3O5S. The van der Waals surface area contributed by atoms with Gasteiger partial charge in [0.15, 0.2) is 0 Å². The molecule has 1 amide bonds. The van der Waals surface area contributed by atoms with Crippen LogP contribution in [0.5, 0.6) is 5.75 Å². The quantitative estimate of drug-likeness (QED) is 0.542. The first-order valence-electron chi connectivity index (χ1n) is 12.5. The summed E-state index contributed by atoms with van der Waals surface area (Å²) in [6, 6.07) is 11.5. The molecule has 1 spiro atoms. The Kier molecular flexibility index (Phi) is 6.29. The molecule has 0 atom stereocenters. The molecule has 0 radical (unpaired) electrons. The Labute approximate surface area is 212 Å². The molecule has 2 aromatic carbocycles. The third-order valence-corrected chi connectivity index (χ3v) is 9.50. The molecule has 0 bridgehead atoms. The number of amides is 1. The van der Waals surface area contributed by atoms with E-state index in [2.05, 4.69) is 10.2 Å². The van der Waals surface area contributed by atoms with Crippen molar-refractivity contribution < 1.29 is 22.4 Å². The Bertz CT molecular complexity index is 1400. The van der Waals surface area contributed by atoms with Crippen molar-refractivity contribution in [3.63, 3.8) is 0 Å². The summed E-state index contributed by atoms with van der Waals surface area (Å²) in [6.45, 7) is 6.40. The maximum Gasteiger partial charge on any atom is 0.238 e. The van der Waals surface area contributed by atoms with Gasteiger partial charge < -0.3 is 14.5 Å². The average molecular weight is 514 g/mol. The number of benzene rings is 2. The maximum atomic E-state index is 13.0. The number of para-hydroxylation sites is 1. The highest BCUT2D eigenvalue weighted by molar-refractivity contribution is 7.88. The van der Waals surface area contributed by atoms with E-state index in [1.807, 2.05) is 50.2 Å². The number of fused-ring (bicyclic) bond motifs is 3. The lowest BCUT2D eigenvalue weighted by Crippen LogP contribution is -2.58. The summed E-state index contributed by atoms with van der Waals surface area (Å²) in [5.74, 6) is 0.480. The van der Waals surface area contributed by atoms with Crippen LogP contribution in [0.25, 0.3) is 21.9 Å². The zero-order valence-electron chi connectivity index (χ0n) is 21.5. The number of ether oxygens (including phenoxy) is 1. The first kappa shape index (κ1) is 25.0. The van der Waals surface area contributed by atoms with Gasteiger partial charge in [0.25, 0.3) is 0 Å². The number of sulfonamides is 1. The second-order valence-corrected chi connectivity index (χ2v) is 13.0. The molecule has 194 valence electrons. The third-order valence-electron chi connectivity index (χ3n) is 8.08. The SMILES string of the molecule is COc1cc2c(cc1NC(=O)CN1CCC3(CC1)CCC(C)(C)N(S(C)(=O)=O)C3)oc1ccccc12. The van der Waals surface area contributed by atoms with Gasteiger partial charge in [0, 0.05) is 28.9 Å². The van der Waals surface area contributed by atoms with Gasteiger partial charge in [-0.3, -0.25) is 9.69 Å². The lowest BCUT2D eigenvalue weighted by Gasteiger charge is -2.52. The van der Waals surface area contributed by atoms with Gasteiger partial charge in [-0.15, -0.1) is 0 Å². The van der Waals surface area contributed by atoms with Crippen molar-refractivity contribution in [1.82, 2.24) is 9.21 Å². The Morgan fingerprint density at radius 3 is 2.47 bits per heavy atom. The van der Waals surface area contributed by atoms with E-state index in [-0.39, 0.29) is 23.4 Å². The van der Waals surface area contributed by atoms with Crippen LogP contribution in [0.1, 0.15) is 39.5 Å². The summed E-state index contributed by atoms with van der Waals surface area (Å²) in [5.41, 5.74) is 1.71. The van der Waals surface area contributed by atoms with Crippen LogP contribution in [0.2, 0.25) is 0 Å². The van der Waals surface area contributed by atoms with E-state index in [1.54, 1.807) is 11.4 Å². The highest BCUT2D eigenvalue weighted by atomic mass is 32.2. The number of likely N-dealkylation sites (tertiary alicyclic amines) is 1. The molecule has 2 aliphatic rings. The highest BCUT2D eigenvalue weighted by Crippen LogP contribution is 2.45. The number of carbonyl (C=O) groups is 1. The Balaban J connectivity index is 1.24. The van der Waals surface area contributed by atoms with Crippen LogP contribution in [0.15, 0.2) is 40.8 Å². The van der Waals surface area contributed by atoms with Crippen LogP contribution in [0.3, 0.4) is 0 Å². The number of carbonyl (C=O) groups excluding carboxylic acids is 1. The fraction of sp³-hybridized carbons (Fsp3) is 0.519. The standard InChI is InChI=1S/C27H35N3O5S/c1-26(2)9-10-27(18-30(26)36(4,32)33)11-13-29(14-12-27)17-25(31)28-21-16-23-20(15-24(21)34-3)19-7-5-6-8-22(19)35-23/h5-8,15-16H,9-14,17-18H2,1-4H3,(H,28,31). The number of piperidine rings is 2. The summed E-state index contributed by atoms with van der Waals surface area (Å²) in [4.78, 5) is 15.1. The number of rotatable bonds is 5. The van der Waals surface area contributed by atoms with Gasteiger partial charge in [-0.25, -0.2) is 8.42 Å². The van der Waals surface area contributed by atoms with E-state index in [4.69, 9.17) is 9.15 Å². The molecule has 3 aromatic rings. The second kappa shape index (κ2) is 9.04. The van der Waals surface area contributed by atoms with Crippen molar-refractivity contribution in [2.24, 2.45) is 5.41 Å². The minimum atomic E-state index is -3.27. The van der Waals surface area contributed by atoms with Gasteiger partial charge in [-0.2, -0.15) is 4.31 Å². The monoisotopic (exact) mass is 513 g/mol. The lowest BCUT2D eigenvalue weighted by atomic mass is 9.69. The predicted octanol–water partition coefficient (Wildman–Crippen LogP) is 4.45. The Morgan fingerprint density at radius 1 is 1.06 bits per heavy atom. The predicted molar refractivity (Wildman–Crippen MR) is 142 cm³/mol. The van der Waals surface area contributed by atoms with E-state index >= 15 is 0 Å². The number of hydrogen-bond donors (Lipinski definition) is 1. The van der Waals surface area contributed by atoms with E-state index in [1.165, 1.54) is 6.26 Å². The minimum Gasteiger partial charge on any atom is -0.495 e. The van der Waals surface area contributed by atoms with E-state index < -0.39 is 10.0 Å². The normalized spacial score (nSPS) is 20.7. The van der Waals surface area contributed by atoms with E-state index in [9.17, 15) is 13.2 Å². The Hall–Kier alpha value is -2.62. The van der Waals surface area contributed by atoms with Crippen molar-refractivity contribution in [2.75, 3.05) is 44.9 Å². The summed E-state index contributed by atoms with van der Waals surface area (Å²) < 4.78 is 38.1. The number of nitrogens with one attached hydrogen (secondary N) is 1. The number of methoxy groups -OCH3 is 1. The van der Waals surface area contributed by atoms with Crippen molar-refractivity contribution in [1.29, 1.82) is 0 Å². The van der Waals surface area contributed by atoms with Crippen molar-refractivity contribution in [2.45, 2.75) is 45.1 Å². The molecule has 2 aliphatic heterocycles. The van der Waals surface area contributed by atoms with Crippen LogP contribution in [0, 0.1) is 5.41 Å². The molecule has 5 rings (SSSR count). The molecule has 2 saturated heterocycles. The van der Waals surface area contributed by atoms with Crippen LogP contribution in [0.4, 0.5) is 5.69 Å². The fourth-order valence-electron chi connectivity index (χ4n) is 5.86. The summed E-state index contributed by atoms with van der Waals surface area (Å²) in [5, 5.41) is 4.95. The number of anilines is 1. The molecule has 0 saturated carbocycles. The molecule has 36 heavy (non-hydrogen) atoms. The zero-order chi connectivity index (χ0) is 25.7. The third kappa shape index (κ3) is 4.71. The molecule has 9 heteroatoms. The number of nitrogens with zero attached hydrogens (tertiary/aromatic N) is 2. The van der Waals surface area contributed by atoms with Crippen LogP contribution in [-0.2, 0) is 14.8 Å². The zero-order valence-corrected chi connectivity index (χ0v) is 22.3. The van der Waals surface area contributed by atoms with Crippen LogP contribution in [-0.4, -0.2) is 68.6 Å². The highest BCUT2D eigenvalue weighted by Gasteiger charge is 2.47. The summed E-state index contributed by atoms with van der Waals surface area (Å²) in [7, 11) is -1.68. The molecule has 1 N–H and O–H groups in total. The van der Waals surface area contributed by atoms with Crippen LogP contribution >= 0.6 is 0 Å². The first-order valence-corrected chi connectivity index (χ1v) is 14.3. The molecule has 2 fully saturated rings. The van der Waals surface area contributed by atoms with Gasteiger partial charge in [0.1, 0.15) is 16.9 Å². The van der Waals surface area contributed by atoms with Gasteiger partial charge in [-0.05, 0) is 70.2 Å². The topological polar surface area (TPSA) is 92.1 Å². The van der Waals surface area contributed by atoms with Crippen molar-refractivity contribution in [3.05, 3.63) is 36.4 Å². The number of hydrogen-bond acceptors (Lipinski definition) is 6. The Morgan fingerprint density at radius 2 is 1.78 bits per heavy atom. The van der Waals surface area contributed by atoms with E-state index in [0.29, 0.717) is 23.6 Å². The van der Waals surface area contributed by atoms with Gasteiger partial charge in [0.05, 0.1) is 25.6 Å². The van der Waals surface area contributed by atoms with Gasteiger partial charge in [0.2, 0.25) is 15.9 Å². The second-order valence-electron chi connectivity index (χ2n) is 11.1. The van der Waals surface area contributed by atoms with Gasteiger partial charge >= 0.3 is 0 Å². The molecule has 3 heterocycles. The lowest BCUT2D eigenvalue weighted by molar-refractivity contribution is -0.118. The fourth-order valence-corrected chi connectivity index (χ4v) is 7.36. The molecule has 0 aliphatic carbocycles. The number of furan rings is 1. The molecule has 1 aromatic heterocycles.